The molecule has 0 amide bonds. The Kier molecular flexibility index (Phi) is 1.62. The Morgan fingerprint density at radius 2 is 2.08 bits per heavy atom. The lowest BCUT2D eigenvalue weighted by Gasteiger charge is -1.99. The second kappa shape index (κ2) is 2.66. The fraction of sp³-hybridized carbons (Fsp3) is 0.0909. The van der Waals surface area contributed by atoms with Crippen LogP contribution in [0.1, 0.15) is 21.5 Å². The van der Waals surface area contributed by atoms with Crippen molar-refractivity contribution in [1.82, 2.24) is 0 Å². The van der Waals surface area contributed by atoms with Crippen LogP contribution >= 0.6 is 0 Å². The van der Waals surface area contributed by atoms with E-state index in [1.807, 2.05) is 12.1 Å². The maximum atomic E-state index is 11.4. The van der Waals surface area contributed by atoms with Gasteiger partial charge in [-0.15, -0.1) is 0 Å². The van der Waals surface area contributed by atoms with Gasteiger partial charge in [-0.05, 0) is 11.1 Å². The van der Waals surface area contributed by atoms with E-state index in [4.69, 9.17) is 0 Å². The third-order valence-corrected chi connectivity index (χ3v) is 2.23. The van der Waals surface area contributed by atoms with Gasteiger partial charge in [0.05, 0.1) is 0 Å². The van der Waals surface area contributed by atoms with Crippen molar-refractivity contribution < 1.29 is 9.59 Å². The Morgan fingerprint density at radius 1 is 1.31 bits per heavy atom. The molecular weight excluding hydrogens is 164 g/mol. The molecule has 1 aliphatic carbocycles. The molecule has 2 nitrogen and oxygen atoms in total. The van der Waals surface area contributed by atoms with Gasteiger partial charge in [-0.3, -0.25) is 9.59 Å². The Bertz CT molecular complexity index is 416. The maximum Gasteiger partial charge on any atom is 0.229 e. The van der Waals surface area contributed by atoms with Crippen LogP contribution < -0.4 is 0 Å². The molecule has 0 aliphatic heterocycles. The number of ketones is 2. The zero-order chi connectivity index (χ0) is 9.42. The topological polar surface area (TPSA) is 34.1 Å². The molecule has 13 heavy (non-hydrogen) atoms. The van der Waals surface area contributed by atoms with E-state index >= 15 is 0 Å². The minimum Gasteiger partial charge on any atom is -0.290 e. The van der Waals surface area contributed by atoms with Gasteiger partial charge in [-0.2, -0.15) is 0 Å². The molecule has 0 N–H and O–H groups in total. The molecule has 0 aromatic heterocycles. The van der Waals surface area contributed by atoms with Crippen molar-refractivity contribution in [3.63, 3.8) is 0 Å². The first-order valence-electron chi connectivity index (χ1n) is 4.06. The predicted molar refractivity (Wildman–Crippen MR) is 49.6 cm³/mol. The number of hydrogen-bond acceptors (Lipinski definition) is 2. The molecule has 0 heterocycles. The van der Waals surface area contributed by atoms with E-state index in [1.165, 1.54) is 0 Å². The summed E-state index contributed by atoms with van der Waals surface area (Å²) in [6.07, 6.45) is 1.85. The van der Waals surface area contributed by atoms with Gasteiger partial charge in [-0.1, -0.05) is 30.9 Å². The molecule has 0 saturated carbocycles. The quantitative estimate of drug-likeness (QED) is 0.603. The smallest absolute Gasteiger partial charge is 0.229 e. The van der Waals surface area contributed by atoms with Crippen LogP contribution in [-0.4, -0.2) is 11.6 Å². The van der Waals surface area contributed by atoms with Crippen LogP contribution in [0, 0.1) is 0 Å². The first kappa shape index (κ1) is 7.92. The van der Waals surface area contributed by atoms with E-state index in [-0.39, 0.29) is 18.0 Å². The molecule has 1 aromatic rings. The van der Waals surface area contributed by atoms with Crippen molar-refractivity contribution in [1.29, 1.82) is 0 Å². The largest absolute Gasteiger partial charge is 0.290 e. The van der Waals surface area contributed by atoms with E-state index in [0.717, 1.165) is 11.1 Å². The maximum absolute atomic E-state index is 11.4. The van der Waals surface area contributed by atoms with Gasteiger partial charge in [0, 0.05) is 12.0 Å². The van der Waals surface area contributed by atoms with Gasteiger partial charge < -0.3 is 0 Å². The van der Waals surface area contributed by atoms with Crippen LogP contribution in [0.5, 0.6) is 0 Å². The standard InChI is InChI=1S/C11H8O2/c1-2-7-4-3-5-8-6-9(12)11(13)10(7)8/h2-5H,1,6H2. The zero-order valence-corrected chi connectivity index (χ0v) is 7.04. The molecule has 1 aromatic carbocycles. The number of rotatable bonds is 1. The Morgan fingerprint density at radius 3 is 2.77 bits per heavy atom. The molecule has 0 radical (unpaired) electrons. The van der Waals surface area contributed by atoms with Crippen LogP contribution in [-0.2, 0) is 11.2 Å². The van der Waals surface area contributed by atoms with Crippen LogP contribution in [0.25, 0.3) is 6.08 Å². The Balaban J connectivity index is 2.71. The number of carbonyl (C=O) groups is 2. The summed E-state index contributed by atoms with van der Waals surface area (Å²) in [4.78, 5) is 22.5. The first-order chi connectivity index (χ1) is 6.24. The van der Waals surface area contributed by atoms with E-state index < -0.39 is 0 Å². The van der Waals surface area contributed by atoms with Crippen LogP contribution in [0.15, 0.2) is 24.8 Å². The zero-order valence-electron chi connectivity index (χ0n) is 7.04. The lowest BCUT2D eigenvalue weighted by molar-refractivity contribution is -0.114. The molecule has 0 fully saturated rings. The lowest BCUT2D eigenvalue weighted by Crippen LogP contribution is -2.06. The third kappa shape index (κ3) is 1.03. The van der Waals surface area contributed by atoms with Crippen LogP contribution in [0.2, 0.25) is 0 Å². The molecule has 0 unspecified atom stereocenters. The van der Waals surface area contributed by atoms with Crippen molar-refractivity contribution in [3.8, 4) is 0 Å². The fourth-order valence-electron chi connectivity index (χ4n) is 1.61. The Hall–Kier alpha value is -1.70. The summed E-state index contributed by atoms with van der Waals surface area (Å²) in [5, 5.41) is 0. The van der Waals surface area contributed by atoms with E-state index in [9.17, 15) is 9.59 Å². The summed E-state index contributed by atoms with van der Waals surface area (Å²) in [5.41, 5.74) is 2.13. The third-order valence-electron chi connectivity index (χ3n) is 2.23. The summed E-state index contributed by atoms with van der Waals surface area (Å²) >= 11 is 0. The molecule has 2 heteroatoms. The summed E-state index contributed by atoms with van der Waals surface area (Å²) in [7, 11) is 0. The minimum atomic E-state index is -0.370. The highest BCUT2D eigenvalue weighted by molar-refractivity contribution is 6.47. The van der Waals surface area contributed by atoms with Gasteiger partial charge in [-0.25, -0.2) is 0 Å². The average molecular weight is 172 g/mol. The molecule has 0 bridgehead atoms. The highest BCUT2D eigenvalue weighted by Gasteiger charge is 2.29. The normalized spacial score (nSPS) is 14.5. The summed E-state index contributed by atoms with van der Waals surface area (Å²) < 4.78 is 0. The number of benzene rings is 1. The van der Waals surface area contributed by atoms with Crippen molar-refractivity contribution in [2.24, 2.45) is 0 Å². The van der Waals surface area contributed by atoms with E-state index in [2.05, 4.69) is 6.58 Å². The van der Waals surface area contributed by atoms with Crippen molar-refractivity contribution >= 4 is 17.6 Å². The van der Waals surface area contributed by atoms with Gasteiger partial charge in [0.25, 0.3) is 0 Å². The van der Waals surface area contributed by atoms with Gasteiger partial charge in [0.15, 0.2) is 0 Å². The molecule has 0 saturated heterocycles. The minimum absolute atomic E-state index is 0.246. The number of carbonyl (C=O) groups excluding carboxylic acids is 2. The summed E-state index contributed by atoms with van der Waals surface area (Å²) in [6.45, 7) is 3.60. The molecule has 0 spiro atoms. The van der Waals surface area contributed by atoms with Crippen molar-refractivity contribution in [2.75, 3.05) is 0 Å². The van der Waals surface area contributed by atoms with E-state index in [1.54, 1.807) is 12.1 Å². The number of hydrogen-bond donors (Lipinski definition) is 0. The second-order valence-corrected chi connectivity index (χ2v) is 3.01. The molecule has 0 atom stereocenters. The van der Waals surface area contributed by atoms with E-state index in [0.29, 0.717) is 5.56 Å². The monoisotopic (exact) mass is 172 g/mol. The highest BCUT2D eigenvalue weighted by Crippen LogP contribution is 2.23. The van der Waals surface area contributed by atoms with Crippen LogP contribution in [0.3, 0.4) is 0 Å². The predicted octanol–water partition coefficient (Wildman–Crippen LogP) is 1.64. The number of Topliss-reactive ketones (excluding diaryl/α,β-unsaturated/α-hetero) is 2. The molecule has 64 valence electrons. The summed E-state index contributed by atoms with van der Waals surface area (Å²) in [5.74, 6) is -0.685. The first-order valence-corrected chi connectivity index (χ1v) is 4.06. The van der Waals surface area contributed by atoms with Crippen molar-refractivity contribution in [2.45, 2.75) is 6.42 Å². The highest BCUT2D eigenvalue weighted by atomic mass is 16.2. The SMILES string of the molecule is C=Cc1cccc2c1C(=O)C(=O)C2. The fourth-order valence-corrected chi connectivity index (χ4v) is 1.61. The van der Waals surface area contributed by atoms with Crippen LogP contribution in [0.4, 0.5) is 0 Å². The molecule has 2 rings (SSSR count). The van der Waals surface area contributed by atoms with Gasteiger partial charge in [0.1, 0.15) is 0 Å². The molecular formula is C11H8O2. The molecule has 1 aliphatic rings. The second-order valence-electron chi connectivity index (χ2n) is 3.01. The van der Waals surface area contributed by atoms with Crippen molar-refractivity contribution in [3.05, 3.63) is 41.5 Å². The number of fused-ring (bicyclic) bond motifs is 1. The lowest BCUT2D eigenvalue weighted by atomic mass is 10.0. The Labute approximate surface area is 75.9 Å². The van der Waals surface area contributed by atoms with Gasteiger partial charge in [0.2, 0.25) is 11.6 Å². The average Bonchev–Trinajstić information content (AvgIpc) is 2.43. The van der Waals surface area contributed by atoms with Gasteiger partial charge >= 0.3 is 0 Å². The summed E-state index contributed by atoms with van der Waals surface area (Å²) in [6, 6.07) is 5.44.